The van der Waals surface area contributed by atoms with E-state index in [1.807, 2.05) is 32.0 Å². The molecule has 0 saturated carbocycles. The van der Waals surface area contributed by atoms with Crippen molar-refractivity contribution in [3.8, 4) is 5.75 Å². The van der Waals surface area contributed by atoms with E-state index >= 15 is 0 Å². The van der Waals surface area contributed by atoms with Crippen LogP contribution in [0.4, 0.5) is 0 Å². The summed E-state index contributed by atoms with van der Waals surface area (Å²) >= 11 is 0. The molecule has 0 unspecified atom stereocenters. The first kappa shape index (κ1) is 14.4. The van der Waals surface area contributed by atoms with Gasteiger partial charge in [0, 0.05) is 23.1 Å². The molecule has 2 aromatic rings. The summed E-state index contributed by atoms with van der Waals surface area (Å²) in [5.74, 6) is 0.481. The Morgan fingerprint density at radius 1 is 1.30 bits per heavy atom. The molecular weight excluding hydrogens is 254 g/mol. The molecule has 0 bridgehead atoms. The molecule has 0 fully saturated rings. The first-order valence-electron chi connectivity index (χ1n) is 6.97. The van der Waals surface area contributed by atoms with Gasteiger partial charge in [-0.3, -0.25) is 0 Å². The average Bonchev–Trinajstić information content (AvgIpc) is 2.71. The molecule has 0 radical (unpaired) electrons. The number of carbonyl (C=O) groups excluding carboxylic acids is 1. The molecule has 0 spiro atoms. The molecule has 0 saturated heterocycles. The van der Waals surface area contributed by atoms with E-state index in [2.05, 4.69) is 11.5 Å². The van der Waals surface area contributed by atoms with Crippen molar-refractivity contribution in [1.29, 1.82) is 0 Å². The van der Waals surface area contributed by atoms with Crippen molar-refractivity contribution in [1.82, 2.24) is 4.57 Å². The van der Waals surface area contributed by atoms with Crippen LogP contribution in [0.1, 0.15) is 36.3 Å². The maximum atomic E-state index is 12.2. The fourth-order valence-corrected chi connectivity index (χ4v) is 2.56. The summed E-state index contributed by atoms with van der Waals surface area (Å²) in [5, 5.41) is 0.897. The van der Waals surface area contributed by atoms with Crippen molar-refractivity contribution in [3.05, 3.63) is 29.5 Å². The van der Waals surface area contributed by atoms with Crippen molar-refractivity contribution in [2.45, 2.75) is 33.7 Å². The highest BCUT2D eigenvalue weighted by molar-refractivity contribution is 6.06. The number of hydrogen-bond acceptors (Lipinski definition) is 3. The Labute approximate surface area is 119 Å². The van der Waals surface area contributed by atoms with Crippen molar-refractivity contribution in [2.24, 2.45) is 0 Å². The van der Waals surface area contributed by atoms with Gasteiger partial charge in [-0.1, -0.05) is 6.92 Å². The van der Waals surface area contributed by atoms with Crippen LogP contribution in [-0.4, -0.2) is 24.3 Å². The molecule has 4 heteroatoms. The van der Waals surface area contributed by atoms with Crippen LogP contribution in [0.3, 0.4) is 0 Å². The third-order valence-corrected chi connectivity index (χ3v) is 3.46. The molecule has 0 amide bonds. The molecule has 0 aliphatic rings. The van der Waals surface area contributed by atoms with E-state index in [1.165, 1.54) is 0 Å². The van der Waals surface area contributed by atoms with Gasteiger partial charge in [-0.15, -0.1) is 0 Å². The topological polar surface area (TPSA) is 40.5 Å². The molecule has 0 aliphatic heterocycles. The minimum atomic E-state index is -0.266. The summed E-state index contributed by atoms with van der Waals surface area (Å²) < 4.78 is 12.6. The van der Waals surface area contributed by atoms with Crippen LogP contribution in [0.5, 0.6) is 5.75 Å². The quantitative estimate of drug-likeness (QED) is 0.784. The van der Waals surface area contributed by atoms with E-state index in [0.717, 1.165) is 35.3 Å². The Kier molecular flexibility index (Phi) is 4.32. The highest BCUT2D eigenvalue weighted by atomic mass is 16.5. The van der Waals surface area contributed by atoms with Gasteiger partial charge in [-0.25, -0.2) is 4.79 Å². The van der Waals surface area contributed by atoms with Crippen LogP contribution < -0.4 is 4.74 Å². The predicted octanol–water partition coefficient (Wildman–Crippen LogP) is 3.55. The molecule has 108 valence electrons. The maximum Gasteiger partial charge on any atom is 0.340 e. The number of ether oxygens (including phenoxy) is 2. The Hall–Kier alpha value is -1.97. The SMILES string of the molecule is CCCn1c(C)c(C(=O)OCC)c2cc(OC)ccc21. The van der Waals surface area contributed by atoms with Crippen LogP contribution in [-0.2, 0) is 11.3 Å². The molecule has 0 aliphatic carbocycles. The van der Waals surface area contributed by atoms with E-state index in [0.29, 0.717) is 12.2 Å². The maximum absolute atomic E-state index is 12.2. The van der Waals surface area contributed by atoms with Gasteiger partial charge >= 0.3 is 5.97 Å². The third-order valence-electron chi connectivity index (χ3n) is 3.46. The number of carbonyl (C=O) groups is 1. The summed E-state index contributed by atoms with van der Waals surface area (Å²) in [4.78, 5) is 12.2. The summed E-state index contributed by atoms with van der Waals surface area (Å²) in [6.07, 6.45) is 1.01. The van der Waals surface area contributed by atoms with E-state index in [-0.39, 0.29) is 5.97 Å². The van der Waals surface area contributed by atoms with Crippen LogP contribution in [0.15, 0.2) is 18.2 Å². The summed E-state index contributed by atoms with van der Waals surface area (Å²) in [7, 11) is 1.63. The monoisotopic (exact) mass is 275 g/mol. The minimum Gasteiger partial charge on any atom is -0.497 e. The molecule has 1 heterocycles. The van der Waals surface area contributed by atoms with Gasteiger partial charge < -0.3 is 14.0 Å². The Balaban J connectivity index is 2.69. The summed E-state index contributed by atoms with van der Waals surface area (Å²) in [6, 6.07) is 5.82. The fraction of sp³-hybridized carbons (Fsp3) is 0.438. The third kappa shape index (κ3) is 2.38. The van der Waals surface area contributed by atoms with Gasteiger partial charge in [0.1, 0.15) is 5.75 Å². The van der Waals surface area contributed by atoms with E-state index in [9.17, 15) is 4.79 Å². The molecule has 1 aromatic carbocycles. The second-order valence-corrected chi connectivity index (χ2v) is 4.72. The number of rotatable bonds is 5. The number of hydrogen-bond donors (Lipinski definition) is 0. The number of fused-ring (bicyclic) bond motifs is 1. The zero-order valence-corrected chi connectivity index (χ0v) is 12.5. The Morgan fingerprint density at radius 2 is 2.05 bits per heavy atom. The van der Waals surface area contributed by atoms with E-state index in [1.54, 1.807) is 7.11 Å². The lowest BCUT2D eigenvalue weighted by Gasteiger charge is -2.06. The summed E-state index contributed by atoms with van der Waals surface area (Å²) in [6.45, 7) is 7.17. The first-order chi connectivity index (χ1) is 9.63. The van der Waals surface area contributed by atoms with Gasteiger partial charge in [0.05, 0.1) is 19.3 Å². The second-order valence-electron chi connectivity index (χ2n) is 4.72. The number of aromatic nitrogens is 1. The van der Waals surface area contributed by atoms with Crippen molar-refractivity contribution >= 4 is 16.9 Å². The van der Waals surface area contributed by atoms with E-state index in [4.69, 9.17) is 9.47 Å². The van der Waals surface area contributed by atoms with Gasteiger partial charge in [-0.2, -0.15) is 0 Å². The lowest BCUT2D eigenvalue weighted by Crippen LogP contribution is -2.07. The number of aryl methyl sites for hydroxylation is 1. The van der Waals surface area contributed by atoms with Crippen LogP contribution >= 0.6 is 0 Å². The van der Waals surface area contributed by atoms with Crippen molar-refractivity contribution in [3.63, 3.8) is 0 Å². The molecule has 0 N–H and O–H groups in total. The highest BCUT2D eigenvalue weighted by Crippen LogP contribution is 2.30. The molecular formula is C16H21NO3. The molecule has 20 heavy (non-hydrogen) atoms. The average molecular weight is 275 g/mol. The number of methoxy groups -OCH3 is 1. The number of nitrogens with zero attached hydrogens (tertiary/aromatic N) is 1. The zero-order valence-electron chi connectivity index (χ0n) is 12.5. The van der Waals surface area contributed by atoms with Crippen LogP contribution in [0.2, 0.25) is 0 Å². The normalized spacial score (nSPS) is 10.8. The van der Waals surface area contributed by atoms with E-state index < -0.39 is 0 Å². The largest absolute Gasteiger partial charge is 0.497 e. The fourth-order valence-electron chi connectivity index (χ4n) is 2.56. The lowest BCUT2D eigenvalue weighted by atomic mass is 10.1. The predicted molar refractivity (Wildman–Crippen MR) is 79.5 cm³/mol. The molecule has 1 aromatic heterocycles. The molecule has 2 rings (SSSR count). The van der Waals surface area contributed by atoms with Crippen LogP contribution in [0, 0.1) is 6.92 Å². The van der Waals surface area contributed by atoms with Gasteiger partial charge in [0.15, 0.2) is 0 Å². The first-order valence-corrected chi connectivity index (χ1v) is 6.97. The van der Waals surface area contributed by atoms with Gasteiger partial charge in [0.25, 0.3) is 0 Å². The zero-order chi connectivity index (χ0) is 14.7. The lowest BCUT2D eigenvalue weighted by molar-refractivity contribution is 0.0527. The number of esters is 1. The highest BCUT2D eigenvalue weighted by Gasteiger charge is 2.21. The standard InChI is InChI=1S/C16H21NO3/c1-5-9-17-11(3)15(16(18)20-6-2)13-10-12(19-4)7-8-14(13)17/h7-8,10H,5-6,9H2,1-4H3. The van der Waals surface area contributed by atoms with Crippen LogP contribution in [0.25, 0.3) is 10.9 Å². The van der Waals surface area contributed by atoms with Crippen molar-refractivity contribution in [2.75, 3.05) is 13.7 Å². The smallest absolute Gasteiger partial charge is 0.340 e. The second kappa shape index (κ2) is 5.99. The number of benzene rings is 1. The Bertz CT molecular complexity index is 628. The van der Waals surface area contributed by atoms with Gasteiger partial charge in [-0.05, 0) is 38.5 Å². The molecule has 4 nitrogen and oxygen atoms in total. The Morgan fingerprint density at radius 3 is 2.65 bits per heavy atom. The molecule has 0 atom stereocenters. The van der Waals surface area contributed by atoms with Gasteiger partial charge in [0.2, 0.25) is 0 Å². The van der Waals surface area contributed by atoms with Crippen molar-refractivity contribution < 1.29 is 14.3 Å². The minimum absolute atomic E-state index is 0.266. The summed E-state index contributed by atoms with van der Waals surface area (Å²) in [5.41, 5.74) is 2.65.